The van der Waals surface area contributed by atoms with Crippen LogP contribution in [0, 0.1) is 11.2 Å². The van der Waals surface area contributed by atoms with Crippen molar-refractivity contribution in [2.75, 3.05) is 18.0 Å². The van der Waals surface area contributed by atoms with Crippen LogP contribution in [0.25, 0.3) is 0 Å². The van der Waals surface area contributed by atoms with Crippen LogP contribution in [0.2, 0.25) is 0 Å². The van der Waals surface area contributed by atoms with Crippen LogP contribution in [-0.4, -0.2) is 24.1 Å². The molecule has 1 aromatic carbocycles. The van der Waals surface area contributed by atoms with Gasteiger partial charge >= 0.3 is 0 Å². The number of nitrogens with two attached hydrogens (primary N) is 1. The van der Waals surface area contributed by atoms with Crippen LogP contribution < -0.4 is 10.6 Å². The van der Waals surface area contributed by atoms with E-state index in [1.807, 2.05) is 6.07 Å². The van der Waals surface area contributed by atoms with Crippen LogP contribution in [0.5, 0.6) is 0 Å². The molecule has 5 heteroatoms. The number of halogens is 1. The van der Waals surface area contributed by atoms with Gasteiger partial charge in [-0.2, -0.15) is 0 Å². The van der Waals surface area contributed by atoms with E-state index in [9.17, 15) is 4.39 Å². The zero-order valence-corrected chi connectivity index (χ0v) is 12.8. The molecular weight excluding hydrogens is 269 g/mol. The maximum Gasteiger partial charge on any atom is 0.175 e. The van der Waals surface area contributed by atoms with Crippen molar-refractivity contribution >= 4 is 11.5 Å². The van der Waals surface area contributed by atoms with Gasteiger partial charge in [0.05, 0.1) is 11.3 Å². The summed E-state index contributed by atoms with van der Waals surface area (Å²) in [5, 5.41) is 11.8. The Morgan fingerprint density at radius 3 is 2.48 bits per heavy atom. The molecule has 2 rings (SSSR count). The van der Waals surface area contributed by atoms with Crippen LogP contribution in [0.3, 0.4) is 0 Å². The summed E-state index contributed by atoms with van der Waals surface area (Å²) in [6.45, 7) is 6.22. The van der Waals surface area contributed by atoms with Gasteiger partial charge in [0.25, 0.3) is 0 Å². The summed E-state index contributed by atoms with van der Waals surface area (Å²) in [5.41, 5.74) is 6.95. The van der Waals surface area contributed by atoms with Crippen molar-refractivity contribution in [3.63, 3.8) is 0 Å². The van der Waals surface area contributed by atoms with Crippen molar-refractivity contribution in [2.24, 2.45) is 16.3 Å². The highest BCUT2D eigenvalue weighted by Crippen LogP contribution is 2.39. The highest BCUT2D eigenvalue weighted by Gasteiger charge is 2.32. The van der Waals surface area contributed by atoms with Crippen molar-refractivity contribution in [1.29, 1.82) is 0 Å². The second-order valence-electron chi connectivity index (χ2n) is 5.81. The van der Waals surface area contributed by atoms with Crippen molar-refractivity contribution < 1.29 is 9.60 Å². The average Bonchev–Trinajstić information content (AvgIpc) is 2.54. The van der Waals surface area contributed by atoms with Crippen LogP contribution in [0.1, 0.15) is 45.1 Å². The van der Waals surface area contributed by atoms with Gasteiger partial charge in [0.2, 0.25) is 0 Å². The van der Waals surface area contributed by atoms with E-state index >= 15 is 0 Å². The SMILES string of the molecule is CCC1(CC)CCN(c2cccc(F)c2C(N)=NO)CC1. The van der Waals surface area contributed by atoms with E-state index in [0.717, 1.165) is 25.9 Å². The Bertz CT molecular complexity index is 516. The number of hydrogen-bond donors (Lipinski definition) is 2. The summed E-state index contributed by atoms with van der Waals surface area (Å²) in [4.78, 5) is 2.14. The smallest absolute Gasteiger partial charge is 0.175 e. The second kappa shape index (κ2) is 6.33. The predicted molar refractivity (Wildman–Crippen MR) is 83.4 cm³/mol. The number of benzene rings is 1. The Labute approximate surface area is 125 Å². The van der Waals surface area contributed by atoms with E-state index in [4.69, 9.17) is 10.9 Å². The average molecular weight is 293 g/mol. The van der Waals surface area contributed by atoms with Crippen molar-refractivity contribution in [3.05, 3.63) is 29.6 Å². The third-order valence-corrected chi connectivity index (χ3v) is 5.02. The minimum atomic E-state index is -0.453. The van der Waals surface area contributed by atoms with E-state index in [0.29, 0.717) is 11.1 Å². The quantitative estimate of drug-likeness (QED) is 0.387. The van der Waals surface area contributed by atoms with Gasteiger partial charge in [-0.3, -0.25) is 0 Å². The number of hydrogen-bond acceptors (Lipinski definition) is 3. The van der Waals surface area contributed by atoms with Gasteiger partial charge in [0, 0.05) is 13.1 Å². The van der Waals surface area contributed by atoms with E-state index in [1.54, 1.807) is 6.07 Å². The molecule has 0 aromatic heterocycles. The fourth-order valence-corrected chi connectivity index (χ4v) is 3.26. The van der Waals surface area contributed by atoms with Crippen molar-refractivity contribution in [1.82, 2.24) is 0 Å². The molecule has 0 atom stereocenters. The third kappa shape index (κ3) is 2.96. The lowest BCUT2D eigenvalue weighted by atomic mass is 9.74. The Balaban J connectivity index is 2.27. The summed E-state index contributed by atoms with van der Waals surface area (Å²) in [5.74, 6) is -0.628. The highest BCUT2D eigenvalue weighted by molar-refractivity contribution is 6.02. The molecule has 21 heavy (non-hydrogen) atoms. The summed E-state index contributed by atoms with van der Waals surface area (Å²) in [6.07, 6.45) is 4.53. The van der Waals surface area contributed by atoms with E-state index in [1.165, 1.54) is 18.9 Å². The molecule has 0 bridgehead atoms. The van der Waals surface area contributed by atoms with E-state index < -0.39 is 5.82 Å². The first-order chi connectivity index (χ1) is 10.1. The van der Waals surface area contributed by atoms with Gasteiger partial charge in [-0.25, -0.2) is 4.39 Å². The number of anilines is 1. The lowest BCUT2D eigenvalue weighted by molar-refractivity contribution is 0.199. The summed E-state index contributed by atoms with van der Waals surface area (Å²) in [6, 6.07) is 4.84. The van der Waals surface area contributed by atoms with Crippen molar-refractivity contribution in [3.8, 4) is 0 Å². The monoisotopic (exact) mass is 293 g/mol. The van der Waals surface area contributed by atoms with Gasteiger partial charge < -0.3 is 15.8 Å². The highest BCUT2D eigenvalue weighted by atomic mass is 19.1. The third-order valence-electron chi connectivity index (χ3n) is 5.02. The Morgan fingerprint density at radius 2 is 1.95 bits per heavy atom. The van der Waals surface area contributed by atoms with Gasteiger partial charge in [0.1, 0.15) is 5.82 Å². The molecule has 1 saturated heterocycles. The zero-order valence-electron chi connectivity index (χ0n) is 12.8. The minimum Gasteiger partial charge on any atom is -0.409 e. The maximum atomic E-state index is 14.0. The first-order valence-electron chi connectivity index (χ1n) is 7.58. The first kappa shape index (κ1) is 15.6. The molecule has 4 nitrogen and oxygen atoms in total. The molecule has 1 aliphatic rings. The molecule has 0 radical (unpaired) electrons. The largest absolute Gasteiger partial charge is 0.409 e. The molecule has 1 heterocycles. The Kier molecular flexibility index (Phi) is 4.70. The van der Waals surface area contributed by atoms with Gasteiger partial charge in [-0.1, -0.05) is 37.9 Å². The van der Waals surface area contributed by atoms with Crippen LogP contribution >= 0.6 is 0 Å². The number of amidine groups is 1. The molecule has 0 spiro atoms. The molecule has 0 aliphatic carbocycles. The summed E-state index contributed by atoms with van der Waals surface area (Å²) >= 11 is 0. The first-order valence-corrected chi connectivity index (χ1v) is 7.58. The molecule has 1 aliphatic heterocycles. The zero-order chi connectivity index (χ0) is 15.5. The fraction of sp³-hybridized carbons (Fsp3) is 0.562. The lowest BCUT2D eigenvalue weighted by Gasteiger charge is -2.42. The van der Waals surface area contributed by atoms with Crippen LogP contribution in [0.15, 0.2) is 23.4 Å². The van der Waals surface area contributed by atoms with Gasteiger partial charge in [-0.15, -0.1) is 0 Å². The van der Waals surface area contributed by atoms with Crippen LogP contribution in [0.4, 0.5) is 10.1 Å². The molecule has 1 fully saturated rings. The normalized spacial score (nSPS) is 18.8. The Morgan fingerprint density at radius 1 is 1.33 bits per heavy atom. The predicted octanol–water partition coefficient (Wildman–Crippen LogP) is 3.33. The summed E-state index contributed by atoms with van der Waals surface area (Å²) < 4.78 is 14.0. The molecule has 0 saturated carbocycles. The molecular formula is C16H24FN3O. The standard InChI is InChI=1S/C16H24FN3O/c1-3-16(4-2)8-10-20(11-9-16)13-7-5-6-12(17)14(13)15(18)19-21/h5-7,21H,3-4,8-11H2,1-2H3,(H2,18,19). The van der Waals surface area contributed by atoms with Crippen LogP contribution in [-0.2, 0) is 0 Å². The molecule has 116 valence electrons. The Hall–Kier alpha value is -1.78. The van der Waals surface area contributed by atoms with E-state index in [2.05, 4.69) is 23.9 Å². The number of rotatable bonds is 4. The van der Waals surface area contributed by atoms with Gasteiger partial charge in [0.15, 0.2) is 5.84 Å². The fourth-order valence-electron chi connectivity index (χ4n) is 3.26. The topological polar surface area (TPSA) is 61.8 Å². The molecule has 1 aromatic rings. The molecule has 0 amide bonds. The van der Waals surface area contributed by atoms with E-state index in [-0.39, 0.29) is 11.4 Å². The van der Waals surface area contributed by atoms with Gasteiger partial charge in [-0.05, 0) is 30.4 Å². The summed E-state index contributed by atoms with van der Waals surface area (Å²) in [7, 11) is 0. The van der Waals surface area contributed by atoms with Crippen molar-refractivity contribution in [2.45, 2.75) is 39.5 Å². The molecule has 0 unspecified atom stereocenters. The molecule has 3 N–H and O–H groups in total. The number of piperidine rings is 1. The number of oxime groups is 1. The minimum absolute atomic E-state index is 0.175. The maximum absolute atomic E-state index is 14.0. The lowest BCUT2D eigenvalue weighted by Crippen LogP contribution is -2.40. The number of nitrogens with zero attached hydrogens (tertiary/aromatic N) is 2. The second-order valence-corrected chi connectivity index (χ2v) is 5.81.